The lowest BCUT2D eigenvalue weighted by molar-refractivity contribution is 0.0702. The fraction of sp³-hybridized carbons (Fsp3) is 0.143. The Morgan fingerprint density at radius 2 is 1.93 bits per heavy atom. The molecule has 0 aliphatic carbocycles. The third kappa shape index (κ3) is 3.73. The number of anilines is 1. The molecule has 27 heavy (non-hydrogen) atoms. The van der Waals surface area contributed by atoms with Gasteiger partial charge in [0.15, 0.2) is 5.76 Å². The van der Waals surface area contributed by atoms with Crippen molar-refractivity contribution < 1.29 is 14.0 Å². The van der Waals surface area contributed by atoms with E-state index in [1.54, 1.807) is 41.3 Å². The summed E-state index contributed by atoms with van der Waals surface area (Å²) in [4.78, 5) is 26.7. The summed E-state index contributed by atoms with van der Waals surface area (Å²) in [6, 6.07) is 16.0. The molecule has 5 nitrogen and oxygen atoms in total. The number of nitrogens with one attached hydrogen (secondary N) is 1. The Kier molecular flexibility index (Phi) is 4.69. The first kappa shape index (κ1) is 17.4. The largest absolute Gasteiger partial charge is 0.459 e. The molecule has 2 amide bonds. The molecule has 2 aromatic carbocycles. The van der Waals surface area contributed by atoms with Crippen molar-refractivity contribution in [2.45, 2.75) is 13.0 Å². The van der Waals surface area contributed by atoms with Gasteiger partial charge in [-0.25, -0.2) is 0 Å². The van der Waals surface area contributed by atoms with Gasteiger partial charge in [-0.3, -0.25) is 9.59 Å². The van der Waals surface area contributed by atoms with Gasteiger partial charge in [-0.05, 0) is 60.0 Å². The predicted octanol–water partition coefficient (Wildman–Crippen LogP) is 4.38. The Morgan fingerprint density at radius 1 is 1.04 bits per heavy atom. The smallest absolute Gasteiger partial charge is 0.289 e. The standard InChI is InChI=1S/C21H17ClN2O3/c22-17-4-1-3-15(11-17)20(25)23-18-7-6-14-8-9-24(13-16(14)12-18)21(26)19-5-2-10-27-19/h1-7,10-12H,8-9,13H2,(H,23,25). The van der Waals surface area contributed by atoms with Crippen LogP contribution in [-0.4, -0.2) is 23.3 Å². The first-order valence-electron chi connectivity index (χ1n) is 8.61. The number of nitrogens with zero attached hydrogens (tertiary/aromatic N) is 1. The van der Waals surface area contributed by atoms with Gasteiger partial charge in [-0.1, -0.05) is 23.7 Å². The van der Waals surface area contributed by atoms with Crippen molar-refractivity contribution >= 4 is 29.1 Å². The van der Waals surface area contributed by atoms with Crippen molar-refractivity contribution in [1.82, 2.24) is 4.90 Å². The molecular formula is C21H17ClN2O3. The van der Waals surface area contributed by atoms with Crippen LogP contribution in [0, 0.1) is 0 Å². The lowest BCUT2D eigenvalue weighted by Crippen LogP contribution is -2.35. The fourth-order valence-corrected chi connectivity index (χ4v) is 3.39. The number of carbonyl (C=O) groups is 2. The van der Waals surface area contributed by atoms with Gasteiger partial charge < -0.3 is 14.6 Å². The minimum atomic E-state index is -0.225. The van der Waals surface area contributed by atoms with Crippen LogP contribution < -0.4 is 5.32 Å². The zero-order valence-corrected chi connectivity index (χ0v) is 15.2. The Morgan fingerprint density at radius 3 is 2.70 bits per heavy atom. The van der Waals surface area contributed by atoms with E-state index in [0.29, 0.717) is 35.1 Å². The Bertz CT molecular complexity index is 998. The SMILES string of the molecule is O=C(Nc1ccc2c(c1)CN(C(=O)c1ccco1)CC2)c1cccc(Cl)c1. The van der Waals surface area contributed by atoms with Crippen LogP contribution in [0.2, 0.25) is 5.02 Å². The van der Waals surface area contributed by atoms with Crippen molar-refractivity contribution in [3.63, 3.8) is 0 Å². The molecule has 0 radical (unpaired) electrons. The maximum Gasteiger partial charge on any atom is 0.289 e. The van der Waals surface area contributed by atoms with E-state index in [9.17, 15) is 9.59 Å². The molecule has 3 aromatic rings. The third-order valence-corrected chi connectivity index (χ3v) is 4.82. The molecule has 1 aliphatic rings. The predicted molar refractivity (Wildman–Crippen MR) is 103 cm³/mol. The minimum Gasteiger partial charge on any atom is -0.459 e. The molecule has 1 aromatic heterocycles. The summed E-state index contributed by atoms with van der Waals surface area (Å²) in [5.74, 6) is -0.0142. The molecule has 1 N–H and O–H groups in total. The molecule has 0 spiro atoms. The number of benzene rings is 2. The summed E-state index contributed by atoms with van der Waals surface area (Å²) in [6.45, 7) is 1.12. The summed E-state index contributed by atoms with van der Waals surface area (Å²) in [7, 11) is 0. The molecule has 0 unspecified atom stereocenters. The number of hydrogen-bond donors (Lipinski definition) is 1. The van der Waals surface area contributed by atoms with Gasteiger partial charge >= 0.3 is 0 Å². The second-order valence-electron chi connectivity index (χ2n) is 6.40. The number of carbonyl (C=O) groups excluding carboxylic acids is 2. The number of amides is 2. The van der Waals surface area contributed by atoms with Crippen molar-refractivity contribution in [1.29, 1.82) is 0 Å². The molecule has 0 saturated carbocycles. The Balaban J connectivity index is 1.51. The second kappa shape index (κ2) is 7.29. The quantitative estimate of drug-likeness (QED) is 0.733. The molecule has 0 fully saturated rings. The van der Waals surface area contributed by atoms with Crippen LogP contribution in [0.15, 0.2) is 65.3 Å². The minimum absolute atomic E-state index is 0.126. The highest BCUT2D eigenvalue weighted by Gasteiger charge is 2.23. The summed E-state index contributed by atoms with van der Waals surface area (Å²) in [6.07, 6.45) is 2.26. The summed E-state index contributed by atoms with van der Waals surface area (Å²) < 4.78 is 5.21. The second-order valence-corrected chi connectivity index (χ2v) is 6.84. The van der Waals surface area contributed by atoms with E-state index in [-0.39, 0.29) is 11.8 Å². The maximum absolute atomic E-state index is 12.5. The van der Waals surface area contributed by atoms with E-state index in [0.717, 1.165) is 12.0 Å². The van der Waals surface area contributed by atoms with Crippen LogP contribution in [0.25, 0.3) is 0 Å². The molecule has 136 valence electrons. The first-order valence-corrected chi connectivity index (χ1v) is 8.99. The van der Waals surface area contributed by atoms with Gasteiger partial charge in [0, 0.05) is 29.4 Å². The van der Waals surface area contributed by atoms with Gasteiger partial charge in [0.25, 0.3) is 11.8 Å². The highest BCUT2D eigenvalue weighted by Crippen LogP contribution is 2.24. The molecule has 2 heterocycles. The van der Waals surface area contributed by atoms with Crippen molar-refractivity contribution in [2.24, 2.45) is 0 Å². The molecule has 0 saturated heterocycles. The molecule has 1 aliphatic heterocycles. The maximum atomic E-state index is 12.5. The average Bonchev–Trinajstić information content (AvgIpc) is 3.21. The van der Waals surface area contributed by atoms with Crippen LogP contribution in [0.5, 0.6) is 0 Å². The highest BCUT2D eigenvalue weighted by atomic mass is 35.5. The fourth-order valence-electron chi connectivity index (χ4n) is 3.20. The van der Waals surface area contributed by atoms with Crippen molar-refractivity contribution in [3.8, 4) is 0 Å². The number of fused-ring (bicyclic) bond motifs is 1. The monoisotopic (exact) mass is 380 g/mol. The number of halogens is 1. The van der Waals surface area contributed by atoms with Crippen LogP contribution in [0.3, 0.4) is 0 Å². The number of rotatable bonds is 3. The molecule has 0 atom stereocenters. The van der Waals surface area contributed by atoms with Crippen molar-refractivity contribution in [2.75, 3.05) is 11.9 Å². The Labute approximate surface area is 161 Å². The van der Waals surface area contributed by atoms with Crippen LogP contribution in [0.1, 0.15) is 32.0 Å². The molecular weight excluding hydrogens is 364 g/mol. The van der Waals surface area contributed by atoms with Crippen LogP contribution in [-0.2, 0) is 13.0 Å². The number of furan rings is 1. The zero-order chi connectivity index (χ0) is 18.8. The van der Waals surface area contributed by atoms with Crippen LogP contribution in [0.4, 0.5) is 5.69 Å². The van der Waals surface area contributed by atoms with E-state index in [1.807, 2.05) is 18.2 Å². The molecule has 0 bridgehead atoms. The topological polar surface area (TPSA) is 62.6 Å². The van der Waals surface area contributed by atoms with Gasteiger partial charge in [-0.2, -0.15) is 0 Å². The number of hydrogen-bond acceptors (Lipinski definition) is 3. The van der Waals surface area contributed by atoms with E-state index in [2.05, 4.69) is 5.32 Å². The normalized spacial score (nSPS) is 13.1. The van der Waals surface area contributed by atoms with E-state index >= 15 is 0 Å². The lowest BCUT2D eigenvalue weighted by Gasteiger charge is -2.28. The van der Waals surface area contributed by atoms with E-state index < -0.39 is 0 Å². The van der Waals surface area contributed by atoms with Crippen molar-refractivity contribution in [3.05, 3.63) is 88.3 Å². The van der Waals surface area contributed by atoms with Gasteiger partial charge in [0.1, 0.15) is 0 Å². The van der Waals surface area contributed by atoms with E-state index in [1.165, 1.54) is 11.8 Å². The van der Waals surface area contributed by atoms with Crippen LogP contribution >= 0.6 is 11.6 Å². The lowest BCUT2D eigenvalue weighted by atomic mass is 9.98. The molecule has 6 heteroatoms. The first-order chi connectivity index (χ1) is 13.1. The summed E-state index contributed by atoms with van der Waals surface area (Å²) in [5, 5.41) is 3.40. The highest BCUT2D eigenvalue weighted by molar-refractivity contribution is 6.31. The van der Waals surface area contributed by atoms with E-state index in [4.69, 9.17) is 16.0 Å². The average molecular weight is 381 g/mol. The Hall–Kier alpha value is -3.05. The van der Waals surface area contributed by atoms with Gasteiger partial charge in [-0.15, -0.1) is 0 Å². The van der Waals surface area contributed by atoms with Gasteiger partial charge in [0.2, 0.25) is 0 Å². The van der Waals surface area contributed by atoms with Gasteiger partial charge in [0.05, 0.1) is 6.26 Å². The summed E-state index contributed by atoms with van der Waals surface area (Å²) >= 11 is 5.95. The molecule has 4 rings (SSSR count). The third-order valence-electron chi connectivity index (χ3n) is 4.58. The summed E-state index contributed by atoms with van der Waals surface area (Å²) in [5.41, 5.74) is 3.38. The zero-order valence-electron chi connectivity index (χ0n) is 14.4.